The number of aromatic nitrogens is 6. The zero-order chi connectivity index (χ0) is 15.1. The van der Waals surface area contributed by atoms with Gasteiger partial charge in [0.25, 0.3) is 0 Å². The van der Waals surface area contributed by atoms with E-state index >= 15 is 0 Å². The Morgan fingerprint density at radius 3 is 3.14 bits per heavy atom. The van der Waals surface area contributed by atoms with Crippen LogP contribution in [0.25, 0.3) is 27.8 Å². The van der Waals surface area contributed by atoms with Gasteiger partial charge in [0.05, 0.1) is 0 Å². The summed E-state index contributed by atoms with van der Waals surface area (Å²) in [5, 5.41) is 7.86. The summed E-state index contributed by atoms with van der Waals surface area (Å²) in [6.07, 6.45) is 6.55. The van der Waals surface area contributed by atoms with Crippen molar-refractivity contribution >= 4 is 22.6 Å². The minimum atomic E-state index is -0.422. The minimum Gasteiger partial charge on any atom is -0.354 e. The first kappa shape index (κ1) is 12.7. The van der Waals surface area contributed by atoms with Gasteiger partial charge in [0, 0.05) is 41.6 Å². The van der Waals surface area contributed by atoms with E-state index in [2.05, 4.69) is 30.4 Å². The summed E-state index contributed by atoms with van der Waals surface area (Å²) in [6.45, 7) is 2.72. The molecule has 110 valence electrons. The SMILES string of the molecule is CCNc1ncc2c(-c3cc(F)c4ncnn4c3)c[nH]c2n1. The van der Waals surface area contributed by atoms with Crippen molar-refractivity contribution in [2.45, 2.75) is 6.92 Å². The van der Waals surface area contributed by atoms with E-state index in [4.69, 9.17) is 0 Å². The van der Waals surface area contributed by atoms with Gasteiger partial charge in [-0.05, 0) is 13.0 Å². The molecule has 0 aliphatic rings. The molecule has 22 heavy (non-hydrogen) atoms. The van der Waals surface area contributed by atoms with Gasteiger partial charge in [-0.3, -0.25) is 0 Å². The molecule has 4 aromatic heterocycles. The number of nitrogens with one attached hydrogen (secondary N) is 2. The molecule has 0 unspecified atom stereocenters. The van der Waals surface area contributed by atoms with Crippen molar-refractivity contribution in [2.75, 3.05) is 11.9 Å². The first-order chi connectivity index (χ1) is 10.8. The topological polar surface area (TPSA) is 83.8 Å². The van der Waals surface area contributed by atoms with E-state index in [1.807, 2.05) is 6.92 Å². The Morgan fingerprint density at radius 2 is 2.27 bits per heavy atom. The number of aromatic amines is 1. The van der Waals surface area contributed by atoms with Crippen molar-refractivity contribution in [3.63, 3.8) is 0 Å². The molecule has 8 heteroatoms. The van der Waals surface area contributed by atoms with Crippen LogP contribution in [-0.2, 0) is 0 Å². The van der Waals surface area contributed by atoms with Crippen LogP contribution < -0.4 is 5.32 Å². The van der Waals surface area contributed by atoms with E-state index < -0.39 is 5.82 Å². The normalized spacial score (nSPS) is 11.4. The number of hydrogen-bond acceptors (Lipinski definition) is 5. The largest absolute Gasteiger partial charge is 0.354 e. The molecule has 0 aliphatic heterocycles. The van der Waals surface area contributed by atoms with Gasteiger partial charge in [0.1, 0.15) is 12.0 Å². The van der Waals surface area contributed by atoms with Gasteiger partial charge in [-0.2, -0.15) is 10.1 Å². The molecule has 0 amide bonds. The fourth-order valence-electron chi connectivity index (χ4n) is 2.42. The van der Waals surface area contributed by atoms with Gasteiger partial charge in [0.2, 0.25) is 5.95 Å². The van der Waals surface area contributed by atoms with Gasteiger partial charge in [-0.1, -0.05) is 0 Å². The van der Waals surface area contributed by atoms with Gasteiger partial charge < -0.3 is 10.3 Å². The highest BCUT2D eigenvalue weighted by Crippen LogP contribution is 2.28. The predicted octanol–water partition coefficient (Wildman–Crippen LogP) is 2.24. The first-order valence-electron chi connectivity index (χ1n) is 6.83. The summed E-state index contributed by atoms with van der Waals surface area (Å²) in [6, 6.07) is 1.44. The third-order valence-electron chi connectivity index (χ3n) is 3.41. The minimum absolute atomic E-state index is 0.203. The molecule has 0 radical (unpaired) electrons. The van der Waals surface area contributed by atoms with E-state index in [9.17, 15) is 4.39 Å². The van der Waals surface area contributed by atoms with Crippen molar-refractivity contribution < 1.29 is 4.39 Å². The van der Waals surface area contributed by atoms with Gasteiger partial charge in [-0.25, -0.2) is 18.9 Å². The van der Waals surface area contributed by atoms with Crippen LogP contribution in [0, 0.1) is 5.82 Å². The van der Waals surface area contributed by atoms with E-state index in [-0.39, 0.29) is 5.65 Å². The van der Waals surface area contributed by atoms with Crippen LogP contribution in [0.5, 0.6) is 0 Å². The average Bonchev–Trinajstić information content (AvgIpc) is 3.13. The second-order valence-electron chi connectivity index (χ2n) is 4.79. The lowest BCUT2D eigenvalue weighted by molar-refractivity contribution is 0.628. The van der Waals surface area contributed by atoms with Crippen LogP contribution in [-0.4, -0.2) is 36.1 Å². The Bertz CT molecular complexity index is 972. The van der Waals surface area contributed by atoms with E-state index in [1.54, 1.807) is 18.6 Å². The van der Waals surface area contributed by atoms with Crippen molar-refractivity contribution in [2.24, 2.45) is 0 Å². The summed E-state index contributed by atoms with van der Waals surface area (Å²) in [5.41, 5.74) is 2.39. The molecule has 4 heterocycles. The van der Waals surface area contributed by atoms with Crippen LogP contribution in [0.2, 0.25) is 0 Å². The molecule has 0 aliphatic carbocycles. The van der Waals surface area contributed by atoms with Crippen molar-refractivity contribution in [1.29, 1.82) is 0 Å². The maximum absolute atomic E-state index is 14.1. The molecule has 7 nitrogen and oxygen atoms in total. The average molecular weight is 297 g/mol. The molecular formula is C14H12FN7. The summed E-state index contributed by atoms with van der Waals surface area (Å²) in [5.74, 6) is 0.135. The number of pyridine rings is 1. The third-order valence-corrected chi connectivity index (χ3v) is 3.41. The third kappa shape index (κ3) is 1.88. The maximum atomic E-state index is 14.1. The Kier molecular flexibility index (Phi) is 2.75. The van der Waals surface area contributed by atoms with Crippen molar-refractivity contribution in [3.05, 3.63) is 36.8 Å². The molecule has 0 spiro atoms. The lowest BCUT2D eigenvalue weighted by Gasteiger charge is -2.03. The van der Waals surface area contributed by atoms with E-state index in [0.717, 1.165) is 17.5 Å². The Balaban J connectivity index is 1.88. The second-order valence-corrected chi connectivity index (χ2v) is 4.79. The number of hydrogen-bond donors (Lipinski definition) is 2. The van der Waals surface area contributed by atoms with Crippen LogP contribution in [0.3, 0.4) is 0 Å². The molecule has 4 aromatic rings. The van der Waals surface area contributed by atoms with Gasteiger partial charge in [-0.15, -0.1) is 0 Å². The summed E-state index contributed by atoms with van der Waals surface area (Å²) in [7, 11) is 0. The molecule has 0 fully saturated rings. The summed E-state index contributed by atoms with van der Waals surface area (Å²) >= 11 is 0. The Morgan fingerprint density at radius 1 is 1.36 bits per heavy atom. The van der Waals surface area contributed by atoms with Gasteiger partial charge >= 0.3 is 0 Å². The highest BCUT2D eigenvalue weighted by Gasteiger charge is 2.12. The molecule has 2 N–H and O–H groups in total. The molecule has 4 rings (SSSR count). The molecule has 0 bridgehead atoms. The molecular weight excluding hydrogens is 285 g/mol. The van der Waals surface area contributed by atoms with E-state index in [1.165, 1.54) is 16.9 Å². The number of rotatable bonds is 3. The highest BCUT2D eigenvalue weighted by molar-refractivity contribution is 5.93. The summed E-state index contributed by atoms with van der Waals surface area (Å²) in [4.78, 5) is 15.6. The molecule has 0 saturated heterocycles. The predicted molar refractivity (Wildman–Crippen MR) is 80.0 cm³/mol. The van der Waals surface area contributed by atoms with Crippen molar-refractivity contribution in [3.8, 4) is 11.1 Å². The van der Waals surface area contributed by atoms with Crippen LogP contribution in [0.15, 0.2) is 31.0 Å². The molecule has 0 aromatic carbocycles. The summed E-state index contributed by atoms with van der Waals surface area (Å²) < 4.78 is 15.5. The lowest BCUT2D eigenvalue weighted by Crippen LogP contribution is -2.01. The van der Waals surface area contributed by atoms with Crippen LogP contribution in [0.1, 0.15) is 6.92 Å². The zero-order valence-electron chi connectivity index (χ0n) is 11.7. The smallest absolute Gasteiger partial charge is 0.224 e. The fourth-order valence-corrected chi connectivity index (χ4v) is 2.42. The van der Waals surface area contributed by atoms with Gasteiger partial charge in [0.15, 0.2) is 11.5 Å². The standard InChI is InChI=1S/C14H12FN7/c1-2-16-14-18-5-10-9(4-17-12(10)21-14)8-3-11(15)13-19-7-20-22(13)6-8/h3-7H,2H2,1H3,(H2,16,17,18,21). The number of halogens is 1. The zero-order valence-corrected chi connectivity index (χ0v) is 11.7. The fraction of sp³-hybridized carbons (Fsp3) is 0.143. The second kappa shape index (κ2) is 4.76. The number of nitrogens with zero attached hydrogens (tertiary/aromatic N) is 5. The quantitative estimate of drug-likeness (QED) is 0.606. The lowest BCUT2D eigenvalue weighted by atomic mass is 10.1. The number of H-pyrrole nitrogens is 1. The van der Waals surface area contributed by atoms with Crippen molar-refractivity contribution in [1.82, 2.24) is 29.5 Å². The Hall–Kier alpha value is -3.03. The molecule has 0 saturated carbocycles. The first-order valence-corrected chi connectivity index (χ1v) is 6.83. The molecule has 0 atom stereocenters. The Labute approximate surface area is 124 Å². The highest BCUT2D eigenvalue weighted by atomic mass is 19.1. The maximum Gasteiger partial charge on any atom is 0.224 e. The number of fused-ring (bicyclic) bond motifs is 2. The monoisotopic (exact) mass is 297 g/mol. The number of anilines is 1. The van der Waals surface area contributed by atoms with Crippen LogP contribution in [0.4, 0.5) is 10.3 Å². The van der Waals surface area contributed by atoms with Crippen LogP contribution >= 0.6 is 0 Å². The van der Waals surface area contributed by atoms with E-state index in [0.29, 0.717) is 17.2 Å².